The summed E-state index contributed by atoms with van der Waals surface area (Å²) in [6.07, 6.45) is 0.456. The zero-order valence-electron chi connectivity index (χ0n) is 13.3. The lowest BCUT2D eigenvalue weighted by Crippen LogP contribution is -2.33. The topological polar surface area (TPSA) is 68.2 Å². The standard InChI is InChI=1S/C14H24N2O4/c1-9-16(12(18)20-14(6,7)8)15-10(2)11(17)19-13(3,4)5/h9H,1H2,2-8H3/b15-10+. The molecule has 0 atom stereocenters. The second kappa shape index (κ2) is 6.54. The molecule has 20 heavy (non-hydrogen) atoms. The van der Waals surface area contributed by atoms with Crippen molar-refractivity contribution in [2.24, 2.45) is 5.10 Å². The van der Waals surface area contributed by atoms with Gasteiger partial charge < -0.3 is 9.47 Å². The molecule has 0 saturated carbocycles. The van der Waals surface area contributed by atoms with Gasteiger partial charge >= 0.3 is 12.1 Å². The van der Waals surface area contributed by atoms with Crippen LogP contribution in [0.4, 0.5) is 4.79 Å². The molecule has 0 aliphatic heterocycles. The molecule has 0 aliphatic rings. The van der Waals surface area contributed by atoms with Crippen LogP contribution in [0.2, 0.25) is 0 Å². The first-order valence-corrected chi connectivity index (χ1v) is 6.29. The smallest absolute Gasteiger partial charge is 0.435 e. The molecule has 0 aliphatic carbocycles. The van der Waals surface area contributed by atoms with Crippen LogP contribution in [0.1, 0.15) is 48.5 Å². The van der Waals surface area contributed by atoms with Crippen molar-refractivity contribution in [3.8, 4) is 0 Å². The Balaban J connectivity index is 4.93. The number of hydrazone groups is 1. The zero-order valence-corrected chi connectivity index (χ0v) is 13.3. The summed E-state index contributed by atoms with van der Waals surface area (Å²) in [6, 6.07) is 0. The van der Waals surface area contributed by atoms with Crippen LogP contribution in [0.15, 0.2) is 17.9 Å². The van der Waals surface area contributed by atoms with E-state index in [0.29, 0.717) is 0 Å². The molecule has 0 saturated heterocycles. The average Bonchev–Trinajstić information content (AvgIpc) is 2.20. The largest absolute Gasteiger partial charge is 0.455 e. The van der Waals surface area contributed by atoms with E-state index in [1.807, 2.05) is 0 Å². The van der Waals surface area contributed by atoms with E-state index in [2.05, 4.69) is 11.7 Å². The number of amides is 1. The van der Waals surface area contributed by atoms with Crippen molar-refractivity contribution >= 4 is 17.8 Å². The molecule has 0 unspecified atom stereocenters. The molecule has 0 radical (unpaired) electrons. The van der Waals surface area contributed by atoms with E-state index in [4.69, 9.17) is 9.47 Å². The number of ether oxygens (including phenoxy) is 2. The zero-order chi connectivity index (χ0) is 16.1. The molecular formula is C14H24N2O4. The monoisotopic (exact) mass is 284 g/mol. The quantitative estimate of drug-likeness (QED) is 0.453. The first-order chi connectivity index (χ1) is 8.85. The molecule has 6 heteroatoms. The fraction of sp³-hybridized carbons (Fsp3) is 0.643. The van der Waals surface area contributed by atoms with E-state index < -0.39 is 23.3 Å². The summed E-state index contributed by atoms with van der Waals surface area (Å²) < 4.78 is 10.3. The molecule has 6 nitrogen and oxygen atoms in total. The van der Waals surface area contributed by atoms with Gasteiger partial charge in [-0.15, -0.1) is 0 Å². The van der Waals surface area contributed by atoms with Crippen LogP contribution in [0.5, 0.6) is 0 Å². The lowest BCUT2D eigenvalue weighted by atomic mass is 10.2. The summed E-state index contributed by atoms with van der Waals surface area (Å²) in [5.74, 6) is -0.604. The van der Waals surface area contributed by atoms with Gasteiger partial charge in [-0.05, 0) is 48.5 Å². The van der Waals surface area contributed by atoms with Crippen molar-refractivity contribution in [1.29, 1.82) is 0 Å². The molecule has 0 aromatic rings. The Hall–Kier alpha value is -1.85. The Kier molecular flexibility index (Phi) is 5.94. The molecule has 0 heterocycles. The predicted molar refractivity (Wildman–Crippen MR) is 77.2 cm³/mol. The highest BCUT2D eigenvalue weighted by Crippen LogP contribution is 2.11. The summed E-state index contributed by atoms with van der Waals surface area (Å²) in [5.41, 5.74) is -1.25. The maximum absolute atomic E-state index is 11.8. The lowest BCUT2D eigenvalue weighted by molar-refractivity contribution is -0.146. The van der Waals surface area contributed by atoms with Crippen molar-refractivity contribution in [3.05, 3.63) is 12.8 Å². The molecule has 0 N–H and O–H groups in total. The molecule has 1 amide bonds. The van der Waals surface area contributed by atoms with Crippen LogP contribution in [0, 0.1) is 0 Å². The van der Waals surface area contributed by atoms with Gasteiger partial charge in [0.1, 0.15) is 16.9 Å². The van der Waals surface area contributed by atoms with Crippen LogP contribution in [-0.4, -0.2) is 34.0 Å². The molecule has 0 aromatic heterocycles. The van der Waals surface area contributed by atoms with Crippen molar-refractivity contribution in [1.82, 2.24) is 5.01 Å². The summed E-state index contributed by atoms with van der Waals surface area (Å²) in [4.78, 5) is 23.6. The van der Waals surface area contributed by atoms with Gasteiger partial charge in [-0.2, -0.15) is 10.1 Å². The molecule has 0 fully saturated rings. The van der Waals surface area contributed by atoms with Crippen LogP contribution in [0.3, 0.4) is 0 Å². The minimum atomic E-state index is -0.713. The Morgan fingerprint density at radius 1 is 1.05 bits per heavy atom. The number of carbonyl (C=O) groups excluding carboxylic acids is 2. The number of esters is 1. The number of hydrogen-bond acceptors (Lipinski definition) is 5. The Morgan fingerprint density at radius 2 is 1.50 bits per heavy atom. The van der Waals surface area contributed by atoms with Gasteiger partial charge in [0.2, 0.25) is 0 Å². The van der Waals surface area contributed by atoms with E-state index in [0.717, 1.165) is 5.01 Å². The Labute approximate surface area is 120 Å². The summed E-state index contributed by atoms with van der Waals surface area (Å²) in [5, 5.41) is 4.71. The van der Waals surface area contributed by atoms with Crippen LogP contribution >= 0.6 is 0 Å². The highest BCUT2D eigenvalue weighted by Gasteiger charge is 2.23. The van der Waals surface area contributed by atoms with Crippen LogP contribution < -0.4 is 0 Å². The molecule has 0 spiro atoms. The molecule has 0 rings (SSSR count). The van der Waals surface area contributed by atoms with Crippen LogP contribution in [0.25, 0.3) is 0 Å². The van der Waals surface area contributed by atoms with E-state index in [1.165, 1.54) is 13.1 Å². The van der Waals surface area contributed by atoms with E-state index in [1.54, 1.807) is 41.5 Å². The van der Waals surface area contributed by atoms with Gasteiger partial charge in [-0.1, -0.05) is 6.58 Å². The van der Waals surface area contributed by atoms with E-state index in [-0.39, 0.29) is 5.71 Å². The van der Waals surface area contributed by atoms with E-state index in [9.17, 15) is 9.59 Å². The third kappa shape index (κ3) is 7.56. The first kappa shape index (κ1) is 18.1. The summed E-state index contributed by atoms with van der Waals surface area (Å²) in [7, 11) is 0. The Bertz CT molecular complexity index is 414. The normalized spacial score (nSPS) is 12.7. The molecule has 114 valence electrons. The Morgan fingerprint density at radius 3 is 1.85 bits per heavy atom. The number of carbonyl (C=O) groups is 2. The van der Waals surface area contributed by atoms with E-state index >= 15 is 0 Å². The highest BCUT2D eigenvalue weighted by molar-refractivity contribution is 6.35. The SMILES string of the molecule is C=CN(/N=C(\C)C(=O)OC(C)(C)C)C(=O)OC(C)(C)C. The second-order valence-corrected chi connectivity index (χ2v) is 6.19. The fourth-order valence-electron chi connectivity index (χ4n) is 1.02. The van der Waals surface area contributed by atoms with Crippen LogP contribution in [-0.2, 0) is 14.3 Å². The van der Waals surface area contributed by atoms with Crippen molar-refractivity contribution in [2.75, 3.05) is 0 Å². The highest BCUT2D eigenvalue weighted by atomic mass is 16.6. The third-order valence-electron chi connectivity index (χ3n) is 1.71. The summed E-state index contributed by atoms with van der Waals surface area (Å²) in [6.45, 7) is 15.4. The van der Waals surface area contributed by atoms with Gasteiger partial charge in [-0.3, -0.25) is 0 Å². The molecule has 0 aromatic carbocycles. The van der Waals surface area contributed by atoms with Gasteiger partial charge in [0, 0.05) is 6.20 Å². The van der Waals surface area contributed by atoms with Gasteiger partial charge in [0.25, 0.3) is 0 Å². The minimum Gasteiger partial charge on any atom is -0.455 e. The molecular weight excluding hydrogens is 260 g/mol. The predicted octanol–water partition coefficient (Wildman–Crippen LogP) is 3.08. The van der Waals surface area contributed by atoms with Crippen molar-refractivity contribution in [3.63, 3.8) is 0 Å². The number of hydrogen-bond donors (Lipinski definition) is 0. The van der Waals surface area contributed by atoms with Gasteiger partial charge in [0.15, 0.2) is 0 Å². The number of rotatable bonds is 3. The maximum atomic E-state index is 11.8. The molecule has 0 bridgehead atoms. The minimum absolute atomic E-state index is 0.0330. The van der Waals surface area contributed by atoms with Crippen molar-refractivity contribution < 1.29 is 19.1 Å². The lowest BCUT2D eigenvalue weighted by Gasteiger charge is -2.23. The van der Waals surface area contributed by atoms with Crippen molar-refractivity contribution in [2.45, 2.75) is 59.7 Å². The van der Waals surface area contributed by atoms with Gasteiger partial charge in [-0.25, -0.2) is 9.59 Å². The second-order valence-electron chi connectivity index (χ2n) is 6.19. The average molecular weight is 284 g/mol. The third-order valence-corrected chi connectivity index (χ3v) is 1.71. The first-order valence-electron chi connectivity index (χ1n) is 6.29. The van der Waals surface area contributed by atoms with Gasteiger partial charge in [0.05, 0.1) is 0 Å². The summed E-state index contributed by atoms with van der Waals surface area (Å²) >= 11 is 0. The fourth-order valence-corrected chi connectivity index (χ4v) is 1.02. The maximum Gasteiger partial charge on any atom is 0.435 e. The number of nitrogens with zero attached hydrogens (tertiary/aromatic N) is 2.